The van der Waals surface area contributed by atoms with Crippen LogP contribution in [0.4, 0.5) is 0 Å². The summed E-state index contributed by atoms with van der Waals surface area (Å²) in [6.45, 7) is 0. The van der Waals surface area contributed by atoms with Crippen LogP contribution >= 0.6 is 23.4 Å². The standard InChI is InChI=1S/C12H12ClN3OS/c13-9-3-1-8(2-4-9)7-18-12-15-14-11(17)16(12)10-5-6-10/h1-4,10H,5-7H2,(H,14,17). The Hall–Kier alpha value is -1.20. The van der Waals surface area contributed by atoms with Crippen LogP contribution in [0.15, 0.2) is 34.2 Å². The van der Waals surface area contributed by atoms with Gasteiger partial charge < -0.3 is 0 Å². The molecular weight excluding hydrogens is 270 g/mol. The van der Waals surface area contributed by atoms with Crippen LogP contribution in [0.2, 0.25) is 5.02 Å². The van der Waals surface area contributed by atoms with E-state index in [1.165, 1.54) is 5.56 Å². The van der Waals surface area contributed by atoms with E-state index in [4.69, 9.17) is 11.6 Å². The van der Waals surface area contributed by atoms with Crippen LogP contribution in [0, 0.1) is 0 Å². The van der Waals surface area contributed by atoms with Crippen LogP contribution in [-0.2, 0) is 5.75 Å². The number of nitrogens with one attached hydrogen (secondary N) is 1. The van der Waals surface area contributed by atoms with Gasteiger partial charge in [-0.1, -0.05) is 35.5 Å². The largest absolute Gasteiger partial charge is 0.344 e. The number of nitrogens with zero attached hydrogens (tertiary/aromatic N) is 2. The van der Waals surface area contributed by atoms with E-state index in [9.17, 15) is 4.79 Å². The Balaban J connectivity index is 1.73. The Morgan fingerprint density at radius 3 is 2.78 bits per heavy atom. The van der Waals surface area contributed by atoms with Gasteiger partial charge in [0, 0.05) is 16.8 Å². The van der Waals surface area contributed by atoms with Crippen molar-refractivity contribution in [2.75, 3.05) is 0 Å². The lowest BCUT2D eigenvalue weighted by atomic mass is 10.2. The first-order chi connectivity index (χ1) is 8.74. The number of hydrogen-bond donors (Lipinski definition) is 1. The molecule has 1 N–H and O–H groups in total. The Morgan fingerprint density at radius 2 is 2.11 bits per heavy atom. The summed E-state index contributed by atoms with van der Waals surface area (Å²) >= 11 is 7.41. The Kier molecular flexibility index (Phi) is 3.18. The lowest BCUT2D eigenvalue weighted by molar-refractivity contribution is 0.642. The smallest absolute Gasteiger partial charge is 0.267 e. The third kappa shape index (κ3) is 2.47. The fourth-order valence-corrected chi connectivity index (χ4v) is 2.87. The summed E-state index contributed by atoms with van der Waals surface area (Å²) in [6.07, 6.45) is 2.15. The highest BCUT2D eigenvalue weighted by atomic mass is 35.5. The number of H-pyrrole nitrogens is 1. The van der Waals surface area contributed by atoms with Crippen molar-refractivity contribution in [1.29, 1.82) is 0 Å². The predicted molar refractivity (Wildman–Crippen MR) is 72.1 cm³/mol. The molecule has 1 aromatic carbocycles. The maximum atomic E-state index is 11.6. The van der Waals surface area contributed by atoms with Crippen molar-refractivity contribution in [3.63, 3.8) is 0 Å². The maximum absolute atomic E-state index is 11.6. The van der Waals surface area contributed by atoms with Crippen LogP contribution in [0.25, 0.3) is 0 Å². The average Bonchev–Trinajstić information content (AvgIpc) is 3.13. The SMILES string of the molecule is O=c1[nH]nc(SCc2ccc(Cl)cc2)n1C1CC1. The van der Waals surface area contributed by atoms with Crippen LogP contribution in [0.1, 0.15) is 24.4 Å². The third-order valence-electron chi connectivity index (χ3n) is 2.87. The molecule has 1 saturated carbocycles. The first kappa shape index (κ1) is 11.9. The lowest BCUT2D eigenvalue weighted by Crippen LogP contribution is -2.16. The summed E-state index contributed by atoms with van der Waals surface area (Å²) in [5, 5.41) is 8.10. The average molecular weight is 282 g/mol. The van der Waals surface area contributed by atoms with Gasteiger partial charge in [-0.2, -0.15) is 0 Å². The summed E-state index contributed by atoms with van der Waals surface area (Å²) in [6, 6.07) is 8.07. The van der Waals surface area contributed by atoms with E-state index < -0.39 is 0 Å². The molecule has 1 aliphatic carbocycles. The third-order valence-corrected chi connectivity index (χ3v) is 4.14. The van der Waals surface area contributed by atoms with Crippen LogP contribution < -0.4 is 5.69 Å². The molecule has 4 nitrogen and oxygen atoms in total. The molecule has 1 aliphatic rings. The normalized spacial score (nSPS) is 14.9. The maximum Gasteiger partial charge on any atom is 0.344 e. The van der Waals surface area contributed by atoms with Gasteiger partial charge in [-0.05, 0) is 30.5 Å². The molecule has 2 aromatic rings. The van der Waals surface area contributed by atoms with Gasteiger partial charge in [-0.25, -0.2) is 9.89 Å². The second-order valence-electron chi connectivity index (χ2n) is 4.33. The zero-order valence-corrected chi connectivity index (χ0v) is 11.2. The molecule has 3 rings (SSSR count). The monoisotopic (exact) mass is 281 g/mol. The van der Waals surface area contributed by atoms with E-state index in [2.05, 4.69) is 10.2 Å². The van der Waals surface area contributed by atoms with Crippen molar-refractivity contribution in [2.45, 2.75) is 29.8 Å². The minimum atomic E-state index is -0.101. The number of halogens is 1. The molecule has 0 saturated heterocycles. The summed E-state index contributed by atoms with van der Waals surface area (Å²) in [7, 11) is 0. The number of rotatable bonds is 4. The van der Waals surface area contributed by atoms with Gasteiger partial charge in [0.15, 0.2) is 5.16 Å². The zero-order valence-electron chi connectivity index (χ0n) is 9.60. The van der Waals surface area contributed by atoms with E-state index in [1.807, 2.05) is 24.3 Å². The molecule has 0 bridgehead atoms. The molecule has 1 fully saturated rings. The van der Waals surface area contributed by atoms with Gasteiger partial charge in [0.1, 0.15) is 0 Å². The van der Waals surface area contributed by atoms with Crippen molar-refractivity contribution >= 4 is 23.4 Å². The zero-order chi connectivity index (χ0) is 12.5. The van der Waals surface area contributed by atoms with E-state index in [0.29, 0.717) is 6.04 Å². The van der Waals surface area contributed by atoms with Gasteiger partial charge in [0.2, 0.25) is 0 Å². The van der Waals surface area contributed by atoms with Gasteiger partial charge in [-0.3, -0.25) is 4.57 Å². The fourth-order valence-electron chi connectivity index (χ4n) is 1.78. The number of thioether (sulfide) groups is 1. The second kappa shape index (κ2) is 4.82. The van der Waals surface area contributed by atoms with Crippen LogP contribution in [0.5, 0.6) is 0 Å². The van der Waals surface area contributed by atoms with E-state index in [-0.39, 0.29) is 5.69 Å². The molecule has 1 aromatic heterocycles. The number of benzene rings is 1. The van der Waals surface area contributed by atoms with E-state index in [1.54, 1.807) is 16.3 Å². The van der Waals surface area contributed by atoms with Crippen molar-refractivity contribution in [3.8, 4) is 0 Å². The summed E-state index contributed by atoms with van der Waals surface area (Å²) < 4.78 is 1.76. The molecule has 0 radical (unpaired) electrons. The summed E-state index contributed by atoms with van der Waals surface area (Å²) in [4.78, 5) is 11.6. The first-order valence-corrected chi connectivity index (χ1v) is 7.14. The van der Waals surface area contributed by atoms with Gasteiger partial charge in [-0.15, -0.1) is 5.10 Å². The highest BCUT2D eigenvalue weighted by Gasteiger charge is 2.28. The van der Waals surface area contributed by atoms with Crippen molar-refractivity contribution in [3.05, 3.63) is 45.3 Å². The second-order valence-corrected chi connectivity index (χ2v) is 5.71. The molecule has 18 heavy (non-hydrogen) atoms. The molecule has 0 amide bonds. The lowest BCUT2D eigenvalue weighted by Gasteiger charge is -2.03. The highest BCUT2D eigenvalue weighted by Crippen LogP contribution is 2.36. The topological polar surface area (TPSA) is 50.7 Å². The van der Waals surface area contributed by atoms with E-state index in [0.717, 1.165) is 28.8 Å². The van der Waals surface area contributed by atoms with Crippen molar-refractivity contribution in [2.24, 2.45) is 0 Å². The number of hydrogen-bond acceptors (Lipinski definition) is 3. The van der Waals surface area contributed by atoms with Crippen LogP contribution in [-0.4, -0.2) is 14.8 Å². The summed E-state index contributed by atoms with van der Waals surface area (Å²) in [5.41, 5.74) is 1.07. The molecule has 0 spiro atoms. The molecule has 6 heteroatoms. The highest BCUT2D eigenvalue weighted by molar-refractivity contribution is 7.98. The minimum Gasteiger partial charge on any atom is -0.267 e. The van der Waals surface area contributed by atoms with E-state index >= 15 is 0 Å². The van der Waals surface area contributed by atoms with Crippen molar-refractivity contribution < 1.29 is 0 Å². The molecule has 0 unspecified atom stereocenters. The fraction of sp³-hybridized carbons (Fsp3) is 0.333. The molecule has 94 valence electrons. The first-order valence-electron chi connectivity index (χ1n) is 5.78. The summed E-state index contributed by atoms with van der Waals surface area (Å²) in [5.74, 6) is 0.786. The van der Waals surface area contributed by atoms with Crippen molar-refractivity contribution in [1.82, 2.24) is 14.8 Å². The number of aromatic nitrogens is 3. The van der Waals surface area contributed by atoms with Gasteiger partial charge in [0.05, 0.1) is 0 Å². The minimum absolute atomic E-state index is 0.101. The van der Waals surface area contributed by atoms with Gasteiger partial charge >= 0.3 is 5.69 Å². The van der Waals surface area contributed by atoms with Crippen LogP contribution in [0.3, 0.4) is 0 Å². The molecular formula is C12H12ClN3OS. The Labute approximate surface area is 113 Å². The molecule has 1 heterocycles. The molecule has 0 aliphatic heterocycles. The Bertz CT molecular complexity index is 601. The number of aromatic amines is 1. The van der Waals surface area contributed by atoms with Gasteiger partial charge in [0.25, 0.3) is 0 Å². The molecule has 0 atom stereocenters. The quantitative estimate of drug-likeness (QED) is 0.877. The predicted octanol–water partition coefficient (Wildman–Crippen LogP) is 2.85. The Morgan fingerprint density at radius 1 is 1.39 bits per heavy atom.